The molecule has 0 saturated carbocycles. The summed E-state index contributed by atoms with van der Waals surface area (Å²) in [5.41, 5.74) is 6.82. The van der Waals surface area contributed by atoms with Gasteiger partial charge in [-0.1, -0.05) is 12.1 Å². The van der Waals surface area contributed by atoms with Gasteiger partial charge in [0.1, 0.15) is 6.61 Å². The molecule has 1 rings (SSSR count). The molecule has 0 aliphatic carbocycles. The molecule has 0 aromatic heterocycles. The molecule has 3 N–H and O–H groups in total. The van der Waals surface area contributed by atoms with Crippen LogP contribution in [0.5, 0.6) is 0 Å². The zero-order valence-electron chi connectivity index (χ0n) is 8.12. The Bertz CT molecular complexity index is 313. The zero-order chi connectivity index (χ0) is 10.4. The van der Waals surface area contributed by atoms with Crippen LogP contribution in [0.15, 0.2) is 24.3 Å². The number of benzene rings is 1. The van der Waals surface area contributed by atoms with E-state index in [1.54, 1.807) is 12.1 Å². The minimum Gasteiger partial charge on any atom is -0.397 e. The van der Waals surface area contributed by atoms with Gasteiger partial charge in [0, 0.05) is 6.61 Å². The molecule has 14 heavy (non-hydrogen) atoms. The molecule has 1 aromatic rings. The van der Waals surface area contributed by atoms with Crippen LogP contribution in [-0.4, -0.2) is 19.1 Å². The van der Waals surface area contributed by atoms with Gasteiger partial charge in [-0.25, -0.2) is 0 Å². The molecule has 4 nitrogen and oxygen atoms in total. The van der Waals surface area contributed by atoms with E-state index in [1.165, 1.54) is 0 Å². The largest absolute Gasteiger partial charge is 0.397 e. The van der Waals surface area contributed by atoms with Crippen LogP contribution in [0, 0.1) is 0 Å². The maximum atomic E-state index is 11.2. The predicted molar refractivity (Wildman–Crippen MR) is 56.0 cm³/mol. The molecule has 0 fully saturated rings. The number of nitrogens with one attached hydrogen (secondary N) is 1. The molecule has 0 spiro atoms. The van der Waals surface area contributed by atoms with Gasteiger partial charge in [-0.2, -0.15) is 0 Å². The van der Waals surface area contributed by atoms with Crippen molar-refractivity contribution in [2.24, 2.45) is 0 Å². The van der Waals surface area contributed by atoms with E-state index in [9.17, 15) is 4.79 Å². The summed E-state index contributed by atoms with van der Waals surface area (Å²) < 4.78 is 4.95. The number of carbonyl (C=O) groups is 1. The molecule has 0 bridgehead atoms. The lowest BCUT2D eigenvalue weighted by Crippen LogP contribution is -2.18. The van der Waals surface area contributed by atoms with Crippen LogP contribution < -0.4 is 11.1 Å². The lowest BCUT2D eigenvalue weighted by atomic mass is 10.3. The van der Waals surface area contributed by atoms with E-state index in [-0.39, 0.29) is 12.5 Å². The summed E-state index contributed by atoms with van der Waals surface area (Å²) in [5.74, 6) is -0.190. The van der Waals surface area contributed by atoms with Crippen LogP contribution >= 0.6 is 0 Å². The monoisotopic (exact) mass is 194 g/mol. The third kappa shape index (κ3) is 3.06. The Kier molecular flexibility index (Phi) is 3.94. The van der Waals surface area contributed by atoms with Crippen molar-refractivity contribution in [3.63, 3.8) is 0 Å². The number of amides is 1. The fraction of sp³-hybridized carbons (Fsp3) is 0.300. The van der Waals surface area contributed by atoms with E-state index in [0.29, 0.717) is 18.0 Å². The average Bonchev–Trinajstić information content (AvgIpc) is 2.18. The number of ether oxygens (including phenoxy) is 1. The van der Waals surface area contributed by atoms with Crippen molar-refractivity contribution in [3.8, 4) is 0 Å². The summed E-state index contributed by atoms with van der Waals surface area (Å²) in [7, 11) is 0. The summed E-state index contributed by atoms with van der Waals surface area (Å²) in [6.45, 7) is 2.42. The number of nitrogen functional groups attached to an aromatic ring is 1. The fourth-order valence-electron chi connectivity index (χ4n) is 0.992. The Balaban J connectivity index is 2.52. The summed E-state index contributed by atoms with van der Waals surface area (Å²) >= 11 is 0. The second-order valence-electron chi connectivity index (χ2n) is 2.77. The highest BCUT2D eigenvalue weighted by Crippen LogP contribution is 2.16. The van der Waals surface area contributed by atoms with Gasteiger partial charge in [0.15, 0.2) is 0 Å². The average molecular weight is 194 g/mol. The van der Waals surface area contributed by atoms with Gasteiger partial charge in [-0.15, -0.1) is 0 Å². The van der Waals surface area contributed by atoms with Crippen molar-refractivity contribution in [2.75, 3.05) is 24.3 Å². The molecule has 0 atom stereocenters. The first-order valence-electron chi connectivity index (χ1n) is 4.46. The molecule has 0 aliphatic heterocycles. The lowest BCUT2D eigenvalue weighted by molar-refractivity contribution is -0.120. The third-order valence-corrected chi connectivity index (χ3v) is 1.67. The Morgan fingerprint density at radius 3 is 2.86 bits per heavy atom. The van der Waals surface area contributed by atoms with E-state index in [2.05, 4.69) is 5.32 Å². The molecule has 0 radical (unpaired) electrons. The second-order valence-corrected chi connectivity index (χ2v) is 2.77. The molecule has 1 aromatic carbocycles. The molecule has 0 heterocycles. The van der Waals surface area contributed by atoms with Crippen LogP contribution in [-0.2, 0) is 9.53 Å². The van der Waals surface area contributed by atoms with Gasteiger partial charge < -0.3 is 15.8 Å². The van der Waals surface area contributed by atoms with Gasteiger partial charge in [0.25, 0.3) is 0 Å². The van der Waals surface area contributed by atoms with Crippen LogP contribution in [0.1, 0.15) is 6.92 Å². The predicted octanol–water partition coefficient (Wildman–Crippen LogP) is 1.24. The van der Waals surface area contributed by atoms with Crippen LogP contribution in [0.4, 0.5) is 11.4 Å². The molecule has 76 valence electrons. The van der Waals surface area contributed by atoms with Crippen LogP contribution in [0.3, 0.4) is 0 Å². The van der Waals surface area contributed by atoms with Gasteiger partial charge in [0.2, 0.25) is 5.91 Å². The summed E-state index contributed by atoms with van der Waals surface area (Å²) in [5, 5.41) is 2.66. The lowest BCUT2D eigenvalue weighted by Gasteiger charge is -2.07. The minimum atomic E-state index is -0.190. The van der Waals surface area contributed by atoms with E-state index >= 15 is 0 Å². The second kappa shape index (κ2) is 5.24. The van der Waals surface area contributed by atoms with Gasteiger partial charge in [-0.3, -0.25) is 4.79 Å². The number of hydrogen-bond donors (Lipinski definition) is 2. The Labute approximate surface area is 83.1 Å². The number of hydrogen-bond acceptors (Lipinski definition) is 3. The van der Waals surface area contributed by atoms with Crippen molar-refractivity contribution >= 4 is 17.3 Å². The van der Waals surface area contributed by atoms with Gasteiger partial charge >= 0.3 is 0 Å². The highest BCUT2D eigenvalue weighted by molar-refractivity contribution is 5.94. The Morgan fingerprint density at radius 2 is 2.21 bits per heavy atom. The Morgan fingerprint density at radius 1 is 1.50 bits per heavy atom. The maximum Gasteiger partial charge on any atom is 0.250 e. The first-order valence-corrected chi connectivity index (χ1v) is 4.46. The molecule has 4 heteroatoms. The molecule has 0 saturated heterocycles. The number of para-hydroxylation sites is 2. The summed E-state index contributed by atoms with van der Waals surface area (Å²) in [4.78, 5) is 11.2. The molecular weight excluding hydrogens is 180 g/mol. The first kappa shape index (κ1) is 10.5. The number of anilines is 2. The van der Waals surface area contributed by atoms with Crippen molar-refractivity contribution in [2.45, 2.75) is 6.92 Å². The minimum absolute atomic E-state index is 0.0604. The van der Waals surface area contributed by atoms with Gasteiger partial charge in [0.05, 0.1) is 11.4 Å². The fourth-order valence-corrected chi connectivity index (χ4v) is 0.992. The van der Waals surface area contributed by atoms with Crippen molar-refractivity contribution in [3.05, 3.63) is 24.3 Å². The van der Waals surface area contributed by atoms with E-state index < -0.39 is 0 Å². The molecular formula is C10H14N2O2. The van der Waals surface area contributed by atoms with Crippen molar-refractivity contribution in [1.82, 2.24) is 0 Å². The summed E-state index contributed by atoms with van der Waals surface area (Å²) in [6.07, 6.45) is 0. The van der Waals surface area contributed by atoms with E-state index in [4.69, 9.17) is 10.5 Å². The maximum absolute atomic E-state index is 11.2. The number of nitrogens with two attached hydrogens (primary N) is 1. The van der Waals surface area contributed by atoms with Crippen LogP contribution in [0.2, 0.25) is 0 Å². The van der Waals surface area contributed by atoms with Gasteiger partial charge in [-0.05, 0) is 19.1 Å². The normalized spacial score (nSPS) is 9.79. The van der Waals surface area contributed by atoms with Crippen LogP contribution in [0.25, 0.3) is 0 Å². The quantitative estimate of drug-likeness (QED) is 0.709. The topological polar surface area (TPSA) is 64.3 Å². The number of carbonyl (C=O) groups excluding carboxylic acids is 1. The van der Waals surface area contributed by atoms with E-state index in [1.807, 2.05) is 19.1 Å². The number of rotatable bonds is 4. The SMILES string of the molecule is CCOCC(=O)Nc1ccccc1N. The zero-order valence-corrected chi connectivity index (χ0v) is 8.12. The molecule has 0 aliphatic rings. The standard InChI is InChI=1S/C10H14N2O2/c1-2-14-7-10(13)12-9-6-4-3-5-8(9)11/h3-6H,2,7,11H2,1H3,(H,12,13). The highest BCUT2D eigenvalue weighted by Gasteiger charge is 2.03. The first-order chi connectivity index (χ1) is 6.74. The third-order valence-electron chi connectivity index (χ3n) is 1.67. The van der Waals surface area contributed by atoms with E-state index in [0.717, 1.165) is 0 Å². The Hall–Kier alpha value is -1.55. The van der Waals surface area contributed by atoms with Crippen molar-refractivity contribution in [1.29, 1.82) is 0 Å². The molecule has 1 amide bonds. The van der Waals surface area contributed by atoms with Crippen molar-refractivity contribution < 1.29 is 9.53 Å². The highest BCUT2D eigenvalue weighted by atomic mass is 16.5. The molecule has 0 unspecified atom stereocenters. The summed E-state index contributed by atoms with van der Waals surface area (Å²) in [6, 6.07) is 7.11. The smallest absolute Gasteiger partial charge is 0.250 e.